The molecule has 0 spiro atoms. The van der Waals surface area contributed by atoms with Crippen LogP contribution in [0.5, 0.6) is 0 Å². The highest BCUT2D eigenvalue weighted by Crippen LogP contribution is 2.25. The number of halogens is 5. The molecule has 4 nitrogen and oxygen atoms in total. The van der Waals surface area contributed by atoms with Gasteiger partial charge in [0, 0.05) is 17.2 Å². The summed E-state index contributed by atoms with van der Waals surface area (Å²) < 4.78 is 4.50. The SMILES string of the molecule is O=C(C=CC(=O)OCC(Cl)=C(Cl)Cl)Nc1ccc(Cl)cc1Cl. The highest BCUT2D eigenvalue weighted by Gasteiger charge is 2.06. The van der Waals surface area contributed by atoms with Gasteiger partial charge in [0.15, 0.2) is 0 Å². The Bertz CT molecular complexity index is 639. The van der Waals surface area contributed by atoms with E-state index in [-0.39, 0.29) is 21.2 Å². The molecule has 0 radical (unpaired) electrons. The third-order valence-electron chi connectivity index (χ3n) is 2.11. The number of ether oxygens (including phenoxy) is 1. The van der Waals surface area contributed by atoms with E-state index in [2.05, 4.69) is 5.32 Å². The average molecular weight is 403 g/mol. The number of anilines is 1. The van der Waals surface area contributed by atoms with Crippen molar-refractivity contribution in [1.82, 2.24) is 0 Å². The van der Waals surface area contributed by atoms with Crippen LogP contribution in [-0.4, -0.2) is 18.5 Å². The summed E-state index contributed by atoms with van der Waals surface area (Å²) >= 11 is 27.9. The first-order valence-electron chi connectivity index (χ1n) is 5.60. The van der Waals surface area contributed by atoms with Crippen LogP contribution in [-0.2, 0) is 14.3 Å². The zero-order valence-corrected chi connectivity index (χ0v) is 14.5. The molecule has 0 heterocycles. The van der Waals surface area contributed by atoms with Gasteiger partial charge in [-0.1, -0.05) is 58.0 Å². The minimum Gasteiger partial charge on any atom is -0.457 e. The van der Waals surface area contributed by atoms with Crippen LogP contribution in [0, 0.1) is 0 Å². The fourth-order valence-electron chi connectivity index (χ4n) is 1.15. The Balaban J connectivity index is 2.54. The number of amides is 1. The van der Waals surface area contributed by atoms with Crippen LogP contribution < -0.4 is 5.32 Å². The largest absolute Gasteiger partial charge is 0.457 e. The lowest BCUT2D eigenvalue weighted by molar-refractivity contribution is -0.136. The maximum absolute atomic E-state index is 11.6. The van der Waals surface area contributed by atoms with E-state index in [9.17, 15) is 9.59 Å². The summed E-state index contributed by atoms with van der Waals surface area (Å²) in [5.74, 6) is -1.36. The molecule has 0 bridgehead atoms. The Hall–Kier alpha value is -0.910. The summed E-state index contributed by atoms with van der Waals surface area (Å²) in [6.45, 7) is -0.294. The molecule has 118 valence electrons. The monoisotopic (exact) mass is 401 g/mol. The number of carbonyl (C=O) groups excluding carboxylic acids is 2. The van der Waals surface area contributed by atoms with Crippen LogP contribution >= 0.6 is 58.0 Å². The van der Waals surface area contributed by atoms with Crippen LogP contribution in [0.15, 0.2) is 39.9 Å². The van der Waals surface area contributed by atoms with E-state index in [1.807, 2.05) is 0 Å². The number of hydrogen-bond acceptors (Lipinski definition) is 3. The number of esters is 1. The van der Waals surface area contributed by atoms with E-state index in [1.54, 1.807) is 6.07 Å². The second kappa shape index (κ2) is 9.28. The van der Waals surface area contributed by atoms with Crippen molar-refractivity contribution >= 4 is 75.6 Å². The number of carbonyl (C=O) groups is 2. The van der Waals surface area contributed by atoms with Crippen molar-refractivity contribution in [2.24, 2.45) is 0 Å². The third-order valence-corrected chi connectivity index (χ3v) is 3.60. The molecule has 0 atom stereocenters. The average Bonchev–Trinajstić information content (AvgIpc) is 2.45. The molecular weight excluding hydrogens is 395 g/mol. The van der Waals surface area contributed by atoms with E-state index in [0.717, 1.165) is 12.2 Å². The van der Waals surface area contributed by atoms with E-state index >= 15 is 0 Å². The van der Waals surface area contributed by atoms with Crippen molar-refractivity contribution in [1.29, 1.82) is 0 Å². The predicted molar refractivity (Wildman–Crippen MR) is 89.8 cm³/mol. The highest BCUT2D eigenvalue weighted by molar-refractivity contribution is 6.59. The van der Waals surface area contributed by atoms with Gasteiger partial charge in [-0.25, -0.2) is 4.79 Å². The smallest absolute Gasteiger partial charge is 0.331 e. The van der Waals surface area contributed by atoms with Crippen molar-refractivity contribution in [3.63, 3.8) is 0 Å². The van der Waals surface area contributed by atoms with Crippen molar-refractivity contribution < 1.29 is 14.3 Å². The molecule has 1 aromatic carbocycles. The van der Waals surface area contributed by atoms with Gasteiger partial charge in [-0.05, 0) is 18.2 Å². The zero-order chi connectivity index (χ0) is 16.7. The van der Waals surface area contributed by atoms with Crippen LogP contribution in [0.3, 0.4) is 0 Å². The van der Waals surface area contributed by atoms with Gasteiger partial charge in [0.1, 0.15) is 11.1 Å². The lowest BCUT2D eigenvalue weighted by Gasteiger charge is -2.05. The van der Waals surface area contributed by atoms with Crippen LogP contribution in [0.2, 0.25) is 10.0 Å². The number of nitrogens with one attached hydrogen (secondary N) is 1. The minimum absolute atomic E-state index is 0.0255. The molecule has 1 N–H and O–H groups in total. The molecule has 0 aliphatic rings. The first kappa shape index (κ1) is 19.1. The molecule has 0 saturated heterocycles. The van der Waals surface area contributed by atoms with Crippen molar-refractivity contribution in [2.75, 3.05) is 11.9 Å². The van der Waals surface area contributed by atoms with E-state index in [4.69, 9.17) is 62.7 Å². The van der Waals surface area contributed by atoms with Crippen LogP contribution in [0.25, 0.3) is 0 Å². The summed E-state index contributed by atoms with van der Waals surface area (Å²) in [5.41, 5.74) is 0.356. The van der Waals surface area contributed by atoms with Gasteiger partial charge in [-0.2, -0.15) is 0 Å². The molecule has 0 unspecified atom stereocenters. The molecule has 1 amide bonds. The van der Waals surface area contributed by atoms with E-state index in [0.29, 0.717) is 10.7 Å². The second-order valence-electron chi connectivity index (χ2n) is 3.72. The van der Waals surface area contributed by atoms with Gasteiger partial charge in [-0.3, -0.25) is 4.79 Å². The topological polar surface area (TPSA) is 55.4 Å². The van der Waals surface area contributed by atoms with E-state index in [1.165, 1.54) is 12.1 Å². The Morgan fingerprint density at radius 3 is 2.41 bits per heavy atom. The van der Waals surface area contributed by atoms with Crippen LogP contribution in [0.1, 0.15) is 0 Å². The van der Waals surface area contributed by atoms with Crippen molar-refractivity contribution in [2.45, 2.75) is 0 Å². The molecule has 0 aromatic heterocycles. The first-order chi connectivity index (χ1) is 10.3. The van der Waals surface area contributed by atoms with Crippen LogP contribution in [0.4, 0.5) is 5.69 Å². The van der Waals surface area contributed by atoms with Crippen molar-refractivity contribution in [3.8, 4) is 0 Å². The number of benzene rings is 1. The highest BCUT2D eigenvalue weighted by atomic mass is 35.5. The molecule has 9 heteroatoms. The van der Waals surface area contributed by atoms with Gasteiger partial charge in [-0.15, -0.1) is 0 Å². The summed E-state index contributed by atoms with van der Waals surface area (Å²) in [4.78, 5) is 23.0. The second-order valence-corrected chi connectivity index (χ2v) is 5.97. The van der Waals surface area contributed by atoms with Gasteiger partial charge in [0.05, 0.1) is 15.7 Å². The molecule has 1 aromatic rings. The molecule has 0 aliphatic heterocycles. The molecule has 22 heavy (non-hydrogen) atoms. The Labute approximate surface area is 151 Å². The minimum atomic E-state index is -0.787. The summed E-state index contributed by atoms with van der Waals surface area (Å²) in [7, 11) is 0. The third kappa shape index (κ3) is 6.90. The number of rotatable bonds is 5. The van der Waals surface area contributed by atoms with Gasteiger partial charge in [0.2, 0.25) is 5.91 Å². The Morgan fingerprint density at radius 2 is 1.82 bits per heavy atom. The fraction of sp³-hybridized carbons (Fsp3) is 0.0769. The van der Waals surface area contributed by atoms with Gasteiger partial charge in [0.25, 0.3) is 0 Å². The predicted octanol–water partition coefficient (Wildman–Crippen LogP) is 4.92. The molecule has 0 fully saturated rings. The summed E-state index contributed by atoms with van der Waals surface area (Å²) in [6, 6.07) is 4.56. The number of hydrogen-bond donors (Lipinski definition) is 1. The summed E-state index contributed by atoms with van der Waals surface area (Å²) in [6.07, 6.45) is 1.90. The maximum Gasteiger partial charge on any atom is 0.331 e. The Morgan fingerprint density at radius 1 is 1.14 bits per heavy atom. The lowest BCUT2D eigenvalue weighted by atomic mass is 10.3. The molecule has 1 rings (SSSR count). The van der Waals surface area contributed by atoms with Crippen molar-refractivity contribution in [3.05, 3.63) is 49.9 Å². The lowest BCUT2D eigenvalue weighted by Crippen LogP contribution is -2.10. The molecule has 0 saturated carbocycles. The maximum atomic E-state index is 11.6. The first-order valence-corrected chi connectivity index (χ1v) is 7.49. The normalized spacial score (nSPS) is 10.4. The fourth-order valence-corrected chi connectivity index (χ4v) is 1.77. The van der Waals surface area contributed by atoms with Gasteiger partial charge >= 0.3 is 5.97 Å². The zero-order valence-electron chi connectivity index (χ0n) is 10.7. The van der Waals surface area contributed by atoms with E-state index < -0.39 is 11.9 Å². The quantitative estimate of drug-likeness (QED) is 0.561. The Kier molecular flexibility index (Phi) is 8.07. The standard InChI is InChI=1S/C13H8Cl5NO3/c14-7-1-2-10(8(15)5-7)19-11(20)3-4-12(21)22-6-9(16)13(17)18/h1-5H,6H2,(H,19,20). The van der Waals surface area contributed by atoms with Gasteiger partial charge < -0.3 is 10.1 Å². The molecular formula is C13H8Cl5NO3. The summed E-state index contributed by atoms with van der Waals surface area (Å²) in [5, 5.41) is 3.15. The molecule has 0 aliphatic carbocycles.